The molecule has 1 unspecified atom stereocenters. The fraction of sp³-hybridized carbons (Fsp3) is 0.500. The molecule has 0 bridgehead atoms. The number of anilines is 2. The summed E-state index contributed by atoms with van der Waals surface area (Å²) in [7, 11) is 0. The first kappa shape index (κ1) is 23.1. The zero-order valence-electron chi connectivity index (χ0n) is 18.6. The molecule has 31 heavy (non-hydrogen) atoms. The Kier molecular flexibility index (Phi) is 6.91. The Morgan fingerprint density at radius 2 is 1.90 bits per heavy atom. The van der Waals surface area contributed by atoms with Gasteiger partial charge in [0, 0.05) is 18.2 Å². The number of phenols is 1. The van der Waals surface area contributed by atoms with Crippen molar-refractivity contribution in [3.05, 3.63) is 35.1 Å². The number of para-hydroxylation sites is 1. The van der Waals surface area contributed by atoms with Crippen molar-refractivity contribution >= 4 is 34.5 Å². The molecule has 0 aliphatic carbocycles. The molecule has 0 spiro atoms. The van der Waals surface area contributed by atoms with E-state index in [0.717, 1.165) is 12.8 Å². The number of halogens is 1. The van der Waals surface area contributed by atoms with Crippen LogP contribution in [0, 0.1) is 0 Å². The summed E-state index contributed by atoms with van der Waals surface area (Å²) in [6, 6.07) is 5.21. The second-order valence-electron chi connectivity index (χ2n) is 8.31. The van der Waals surface area contributed by atoms with Gasteiger partial charge in [0.2, 0.25) is 5.95 Å². The van der Waals surface area contributed by atoms with Crippen LogP contribution in [0.2, 0.25) is 5.02 Å². The van der Waals surface area contributed by atoms with E-state index in [-0.39, 0.29) is 17.8 Å². The third kappa shape index (κ3) is 5.02. The molecule has 0 aliphatic heterocycles. The molecule has 3 rings (SSSR count). The van der Waals surface area contributed by atoms with Gasteiger partial charge in [-0.3, -0.25) is 0 Å². The molecule has 0 aliphatic rings. The van der Waals surface area contributed by atoms with Gasteiger partial charge in [0.1, 0.15) is 5.75 Å². The number of rotatable bonds is 9. The maximum absolute atomic E-state index is 10.3. The molecule has 4 N–H and O–H groups in total. The largest absolute Gasteiger partial charge is 0.506 e. The lowest BCUT2D eigenvalue weighted by Gasteiger charge is -2.27. The quantitative estimate of drug-likeness (QED) is 0.376. The summed E-state index contributed by atoms with van der Waals surface area (Å²) in [6.07, 6.45) is 3.70. The number of nitrogens with zero attached hydrogens (tertiary/aromatic N) is 4. The molecule has 0 saturated heterocycles. The van der Waals surface area contributed by atoms with Crippen molar-refractivity contribution in [3.63, 3.8) is 0 Å². The van der Waals surface area contributed by atoms with E-state index in [1.807, 2.05) is 6.92 Å². The first-order valence-electron chi connectivity index (χ1n) is 10.6. The summed E-state index contributed by atoms with van der Waals surface area (Å²) in [5, 5.41) is 27.3. The van der Waals surface area contributed by atoms with Crippen molar-refractivity contribution in [1.29, 1.82) is 0 Å². The third-order valence-corrected chi connectivity index (χ3v) is 5.98. The summed E-state index contributed by atoms with van der Waals surface area (Å²) >= 11 is 6.03. The molecular formula is C22H31ClN6O2. The highest BCUT2D eigenvalue weighted by atomic mass is 35.5. The van der Waals surface area contributed by atoms with Gasteiger partial charge in [-0.05, 0) is 39.7 Å². The molecule has 0 fully saturated rings. The summed E-state index contributed by atoms with van der Waals surface area (Å²) in [5.41, 5.74) is 1.06. The number of hydrogen-bond acceptors (Lipinski definition) is 7. The van der Waals surface area contributed by atoms with Gasteiger partial charge >= 0.3 is 0 Å². The van der Waals surface area contributed by atoms with E-state index in [2.05, 4.69) is 39.0 Å². The van der Waals surface area contributed by atoms with Crippen LogP contribution in [0.3, 0.4) is 0 Å². The fourth-order valence-corrected chi connectivity index (χ4v) is 3.50. The molecule has 2 heterocycles. The first-order chi connectivity index (χ1) is 14.7. The number of imidazole rings is 1. The number of aliphatic hydroxyl groups is 1. The van der Waals surface area contributed by atoms with Gasteiger partial charge in [-0.2, -0.15) is 9.97 Å². The summed E-state index contributed by atoms with van der Waals surface area (Å²) in [6.45, 7) is 9.94. The SMILES string of the molecule is CCC(CC)n1cnc2c(NCc3cccc(Cl)c3O)nc(NC(C)C(C)(C)O)nc21. The van der Waals surface area contributed by atoms with Crippen LogP contribution >= 0.6 is 11.6 Å². The van der Waals surface area contributed by atoms with Crippen molar-refractivity contribution in [1.82, 2.24) is 19.5 Å². The maximum Gasteiger partial charge on any atom is 0.227 e. The molecule has 3 aromatic rings. The number of fused-ring (bicyclic) bond motifs is 1. The topological polar surface area (TPSA) is 108 Å². The van der Waals surface area contributed by atoms with Crippen LogP contribution in [0.4, 0.5) is 11.8 Å². The first-order valence-corrected chi connectivity index (χ1v) is 11.0. The van der Waals surface area contributed by atoms with Crippen LogP contribution in [0.15, 0.2) is 24.5 Å². The zero-order chi connectivity index (χ0) is 22.8. The van der Waals surface area contributed by atoms with Crippen LogP contribution in [-0.4, -0.2) is 41.4 Å². The van der Waals surface area contributed by atoms with E-state index in [9.17, 15) is 10.2 Å². The van der Waals surface area contributed by atoms with Gasteiger partial charge in [-0.1, -0.05) is 37.6 Å². The average Bonchev–Trinajstić information content (AvgIpc) is 3.13. The van der Waals surface area contributed by atoms with Gasteiger partial charge in [0.25, 0.3) is 0 Å². The van der Waals surface area contributed by atoms with Gasteiger partial charge in [0.05, 0.1) is 23.0 Å². The van der Waals surface area contributed by atoms with E-state index in [0.29, 0.717) is 40.1 Å². The van der Waals surface area contributed by atoms with Crippen LogP contribution in [0.1, 0.15) is 59.1 Å². The summed E-state index contributed by atoms with van der Waals surface area (Å²) < 4.78 is 2.07. The van der Waals surface area contributed by atoms with E-state index in [1.165, 1.54) is 0 Å². The average molecular weight is 447 g/mol. The predicted octanol–water partition coefficient (Wildman–Crippen LogP) is 4.73. The minimum Gasteiger partial charge on any atom is -0.506 e. The Labute approximate surface area is 187 Å². The highest BCUT2D eigenvalue weighted by Gasteiger charge is 2.24. The van der Waals surface area contributed by atoms with E-state index in [4.69, 9.17) is 16.6 Å². The van der Waals surface area contributed by atoms with Crippen LogP contribution in [0.5, 0.6) is 5.75 Å². The molecule has 1 atom stereocenters. The lowest BCUT2D eigenvalue weighted by Crippen LogP contribution is -2.39. The minimum absolute atomic E-state index is 0.0403. The molecule has 8 nitrogen and oxygen atoms in total. The third-order valence-electron chi connectivity index (χ3n) is 5.68. The summed E-state index contributed by atoms with van der Waals surface area (Å²) in [4.78, 5) is 13.9. The van der Waals surface area contributed by atoms with Gasteiger partial charge in [-0.15, -0.1) is 0 Å². The Hall–Kier alpha value is -2.58. The van der Waals surface area contributed by atoms with Crippen LogP contribution in [0.25, 0.3) is 11.2 Å². The van der Waals surface area contributed by atoms with E-state index >= 15 is 0 Å². The molecule has 168 valence electrons. The second kappa shape index (κ2) is 9.28. The minimum atomic E-state index is -0.950. The molecular weight excluding hydrogens is 416 g/mol. The number of aromatic hydroxyl groups is 1. The number of benzene rings is 1. The molecule has 9 heteroatoms. The van der Waals surface area contributed by atoms with Crippen molar-refractivity contribution in [2.45, 2.75) is 71.7 Å². The van der Waals surface area contributed by atoms with Gasteiger partial charge < -0.3 is 25.4 Å². The maximum atomic E-state index is 10.3. The van der Waals surface area contributed by atoms with Crippen LogP contribution < -0.4 is 10.6 Å². The van der Waals surface area contributed by atoms with Gasteiger partial charge in [0.15, 0.2) is 17.0 Å². The van der Waals surface area contributed by atoms with Crippen molar-refractivity contribution in [2.24, 2.45) is 0 Å². The fourth-order valence-electron chi connectivity index (χ4n) is 3.31. The van der Waals surface area contributed by atoms with Gasteiger partial charge in [-0.25, -0.2) is 4.98 Å². The van der Waals surface area contributed by atoms with Crippen molar-refractivity contribution in [2.75, 3.05) is 10.6 Å². The lowest BCUT2D eigenvalue weighted by molar-refractivity contribution is 0.0646. The van der Waals surface area contributed by atoms with Crippen molar-refractivity contribution < 1.29 is 10.2 Å². The predicted molar refractivity (Wildman–Crippen MR) is 125 cm³/mol. The number of phenolic OH excluding ortho intramolecular Hbond substituents is 1. The normalized spacial score (nSPS) is 13.0. The highest BCUT2D eigenvalue weighted by molar-refractivity contribution is 6.32. The molecule has 1 aromatic carbocycles. The molecule has 0 radical (unpaired) electrons. The Morgan fingerprint density at radius 1 is 1.19 bits per heavy atom. The van der Waals surface area contributed by atoms with Crippen molar-refractivity contribution in [3.8, 4) is 5.75 Å². The smallest absolute Gasteiger partial charge is 0.227 e. The van der Waals surface area contributed by atoms with E-state index in [1.54, 1.807) is 38.4 Å². The second-order valence-corrected chi connectivity index (χ2v) is 8.72. The van der Waals surface area contributed by atoms with E-state index < -0.39 is 5.60 Å². The highest BCUT2D eigenvalue weighted by Crippen LogP contribution is 2.30. The standard InChI is InChI=1S/C22H31ClN6O2/c1-6-15(7-2)29-12-25-17-19(24-11-14-9-8-10-16(23)18(14)30)27-21(28-20(17)29)26-13(3)22(4,5)31/h8-10,12-13,15,30-31H,6-7,11H2,1-5H3,(H2,24,26,27,28). The number of hydrogen-bond donors (Lipinski definition) is 4. The Bertz CT molecular complexity index is 1040. The lowest BCUT2D eigenvalue weighted by atomic mass is 10.0. The molecule has 2 aromatic heterocycles. The van der Waals surface area contributed by atoms with Crippen LogP contribution in [-0.2, 0) is 6.54 Å². The Morgan fingerprint density at radius 3 is 2.55 bits per heavy atom. The number of nitrogens with one attached hydrogen (secondary N) is 2. The number of aromatic nitrogens is 4. The monoisotopic (exact) mass is 446 g/mol. The summed E-state index contributed by atoms with van der Waals surface area (Å²) in [5.74, 6) is 0.978. The Balaban J connectivity index is 2.02. The zero-order valence-corrected chi connectivity index (χ0v) is 19.4. The molecule has 0 saturated carbocycles. The molecule has 0 amide bonds.